The maximum absolute atomic E-state index is 11.1. The summed E-state index contributed by atoms with van der Waals surface area (Å²) in [5.74, 6) is 0. The zero-order valence-corrected chi connectivity index (χ0v) is 6.78. The van der Waals surface area contributed by atoms with Crippen LogP contribution in [0.3, 0.4) is 0 Å². The molecule has 0 aromatic carbocycles. The number of hydrogen-bond acceptors (Lipinski definition) is 2. The maximum atomic E-state index is 11.1. The first-order valence-corrected chi connectivity index (χ1v) is 3.68. The van der Waals surface area contributed by atoms with Crippen molar-refractivity contribution in [1.82, 2.24) is 4.57 Å². The predicted octanol–water partition coefficient (Wildman–Crippen LogP) is 0.436. The smallest absolute Gasteiger partial charge is 0.250 e. The molecule has 12 heavy (non-hydrogen) atoms. The van der Waals surface area contributed by atoms with E-state index in [4.69, 9.17) is 0 Å². The summed E-state index contributed by atoms with van der Waals surface area (Å²) in [4.78, 5) is 21.1. The lowest BCUT2D eigenvalue weighted by atomic mass is 10.4. The standard InChI is InChI=1S/C8H10N2O2/c1-2-10-5-7(9-6-11)3-4-8(10)12/h3-6H,2H2,1H3,(H,9,11). The number of aryl methyl sites for hydroxylation is 1. The molecule has 1 N–H and O–H groups in total. The highest BCUT2D eigenvalue weighted by Gasteiger charge is 1.94. The second kappa shape index (κ2) is 3.71. The molecule has 1 amide bonds. The third-order valence-electron chi connectivity index (χ3n) is 1.55. The monoisotopic (exact) mass is 166 g/mol. The van der Waals surface area contributed by atoms with Crippen LogP contribution in [0.25, 0.3) is 0 Å². The van der Waals surface area contributed by atoms with Gasteiger partial charge in [-0.1, -0.05) is 0 Å². The van der Waals surface area contributed by atoms with Crippen molar-refractivity contribution in [2.75, 3.05) is 5.32 Å². The van der Waals surface area contributed by atoms with E-state index in [2.05, 4.69) is 5.32 Å². The van der Waals surface area contributed by atoms with E-state index in [1.807, 2.05) is 6.92 Å². The van der Waals surface area contributed by atoms with E-state index >= 15 is 0 Å². The normalized spacial score (nSPS) is 9.42. The molecule has 1 rings (SSSR count). The Bertz CT molecular complexity index is 330. The minimum absolute atomic E-state index is 0.0612. The Morgan fingerprint density at radius 3 is 2.92 bits per heavy atom. The number of rotatable bonds is 3. The maximum Gasteiger partial charge on any atom is 0.250 e. The fourth-order valence-corrected chi connectivity index (χ4v) is 0.932. The summed E-state index contributed by atoms with van der Waals surface area (Å²) in [6.45, 7) is 2.47. The number of nitrogens with zero attached hydrogens (tertiary/aromatic N) is 1. The molecule has 0 saturated carbocycles. The van der Waals surface area contributed by atoms with E-state index in [0.29, 0.717) is 18.6 Å². The SMILES string of the molecule is CCn1cc(NC=O)ccc1=O. The molecular weight excluding hydrogens is 156 g/mol. The van der Waals surface area contributed by atoms with E-state index in [1.54, 1.807) is 12.3 Å². The van der Waals surface area contributed by atoms with Crippen molar-refractivity contribution >= 4 is 12.1 Å². The van der Waals surface area contributed by atoms with E-state index in [9.17, 15) is 9.59 Å². The van der Waals surface area contributed by atoms with Gasteiger partial charge in [-0.2, -0.15) is 0 Å². The van der Waals surface area contributed by atoms with E-state index in [0.717, 1.165) is 0 Å². The van der Waals surface area contributed by atoms with Crippen LogP contribution in [-0.4, -0.2) is 11.0 Å². The molecule has 0 aliphatic heterocycles. The van der Waals surface area contributed by atoms with Crippen LogP contribution in [0.2, 0.25) is 0 Å². The first kappa shape index (κ1) is 8.52. The van der Waals surface area contributed by atoms with Gasteiger partial charge in [-0.3, -0.25) is 9.59 Å². The van der Waals surface area contributed by atoms with Crippen molar-refractivity contribution in [3.63, 3.8) is 0 Å². The van der Waals surface area contributed by atoms with Gasteiger partial charge in [0.25, 0.3) is 5.56 Å². The van der Waals surface area contributed by atoms with E-state index < -0.39 is 0 Å². The first-order valence-electron chi connectivity index (χ1n) is 3.68. The van der Waals surface area contributed by atoms with Crippen LogP contribution in [0, 0.1) is 0 Å². The van der Waals surface area contributed by atoms with Gasteiger partial charge in [-0.15, -0.1) is 0 Å². The number of amides is 1. The minimum Gasteiger partial charge on any atom is -0.327 e. The molecule has 4 heteroatoms. The Morgan fingerprint density at radius 2 is 2.33 bits per heavy atom. The predicted molar refractivity (Wildman–Crippen MR) is 46.1 cm³/mol. The lowest BCUT2D eigenvalue weighted by Crippen LogP contribution is -2.17. The van der Waals surface area contributed by atoms with Gasteiger partial charge >= 0.3 is 0 Å². The van der Waals surface area contributed by atoms with Gasteiger partial charge in [0.15, 0.2) is 0 Å². The van der Waals surface area contributed by atoms with Gasteiger partial charge in [0.05, 0.1) is 5.69 Å². The Kier molecular flexibility index (Phi) is 2.63. The summed E-state index contributed by atoms with van der Waals surface area (Å²) >= 11 is 0. The summed E-state index contributed by atoms with van der Waals surface area (Å²) in [5.41, 5.74) is 0.570. The van der Waals surface area contributed by atoms with Gasteiger partial charge in [0.1, 0.15) is 0 Å². The van der Waals surface area contributed by atoms with Crippen LogP contribution in [0.5, 0.6) is 0 Å². The molecule has 0 unspecified atom stereocenters. The second-order valence-corrected chi connectivity index (χ2v) is 2.30. The fraction of sp³-hybridized carbons (Fsp3) is 0.250. The molecule has 1 aromatic rings. The summed E-state index contributed by atoms with van der Waals surface area (Å²) in [6, 6.07) is 3.00. The zero-order valence-electron chi connectivity index (χ0n) is 6.78. The Hall–Kier alpha value is -1.58. The lowest BCUT2D eigenvalue weighted by Gasteiger charge is -2.03. The highest BCUT2D eigenvalue weighted by molar-refractivity contribution is 5.70. The number of carbonyl (C=O) groups excluding carboxylic acids is 1. The third kappa shape index (κ3) is 1.72. The molecule has 0 radical (unpaired) electrons. The largest absolute Gasteiger partial charge is 0.327 e. The average molecular weight is 166 g/mol. The van der Waals surface area contributed by atoms with Crippen LogP contribution in [0.1, 0.15) is 6.92 Å². The molecule has 0 atom stereocenters. The van der Waals surface area contributed by atoms with Gasteiger partial charge in [0.2, 0.25) is 6.41 Å². The molecule has 0 spiro atoms. The summed E-state index contributed by atoms with van der Waals surface area (Å²) in [7, 11) is 0. The number of aromatic nitrogens is 1. The van der Waals surface area contributed by atoms with Crippen LogP contribution in [0.4, 0.5) is 5.69 Å². The number of anilines is 1. The highest BCUT2D eigenvalue weighted by Crippen LogP contribution is 2.00. The molecule has 1 heterocycles. The van der Waals surface area contributed by atoms with Crippen molar-refractivity contribution in [1.29, 1.82) is 0 Å². The summed E-state index contributed by atoms with van der Waals surface area (Å²) in [5, 5.41) is 2.47. The van der Waals surface area contributed by atoms with Gasteiger partial charge < -0.3 is 9.88 Å². The lowest BCUT2D eigenvalue weighted by molar-refractivity contribution is -0.105. The van der Waals surface area contributed by atoms with E-state index in [1.165, 1.54) is 10.6 Å². The number of nitrogens with one attached hydrogen (secondary N) is 1. The molecule has 0 bridgehead atoms. The Morgan fingerprint density at radius 1 is 1.58 bits per heavy atom. The number of hydrogen-bond donors (Lipinski definition) is 1. The highest BCUT2D eigenvalue weighted by atomic mass is 16.1. The zero-order chi connectivity index (χ0) is 8.97. The Labute approximate surface area is 69.8 Å². The van der Waals surface area contributed by atoms with E-state index in [-0.39, 0.29) is 5.56 Å². The molecule has 0 saturated heterocycles. The van der Waals surface area contributed by atoms with Gasteiger partial charge in [-0.25, -0.2) is 0 Å². The van der Waals surface area contributed by atoms with Crippen LogP contribution in [-0.2, 0) is 11.3 Å². The first-order chi connectivity index (χ1) is 5.77. The van der Waals surface area contributed by atoms with Crippen molar-refractivity contribution < 1.29 is 4.79 Å². The molecule has 64 valence electrons. The molecule has 0 fully saturated rings. The van der Waals surface area contributed by atoms with Crippen molar-refractivity contribution in [2.24, 2.45) is 0 Å². The second-order valence-electron chi connectivity index (χ2n) is 2.30. The molecular formula is C8H10N2O2. The molecule has 0 aliphatic carbocycles. The number of carbonyl (C=O) groups is 1. The molecule has 0 aliphatic rings. The topological polar surface area (TPSA) is 51.1 Å². The summed E-state index contributed by atoms with van der Waals surface area (Å²) < 4.78 is 1.52. The van der Waals surface area contributed by atoms with Crippen LogP contribution >= 0.6 is 0 Å². The van der Waals surface area contributed by atoms with Crippen LogP contribution in [0.15, 0.2) is 23.1 Å². The van der Waals surface area contributed by atoms with Crippen LogP contribution < -0.4 is 10.9 Å². The minimum atomic E-state index is -0.0612. The third-order valence-corrected chi connectivity index (χ3v) is 1.55. The molecule has 1 aromatic heterocycles. The average Bonchev–Trinajstić information content (AvgIpc) is 2.09. The van der Waals surface area contributed by atoms with Gasteiger partial charge in [-0.05, 0) is 13.0 Å². The quantitative estimate of drug-likeness (QED) is 0.662. The van der Waals surface area contributed by atoms with Gasteiger partial charge in [0, 0.05) is 18.8 Å². The van der Waals surface area contributed by atoms with Crippen molar-refractivity contribution in [3.8, 4) is 0 Å². The Balaban J connectivity index is 3.04. The molecule has 4 nitrogen and oxygen atoms in total. The summed E-state index contributed by atoms with van der Waals surface area (Å²) in [6.07, 6.45) is 2.19. The number of pyridine rings is 1. The fourth-order valence-electron chi connectivity index (χ4n) is 0.932. The van der Waals surface area contributed by atoms with Crippen molar-refractivity contribution in [3.05, 3.63) is 28.7 Å². The van der Waals surface area contributed by atoms with Crippen molar-refractivity contribution in [2.45, 2.75) is 13.5 Å².